The number of ether oxygens (including phenoxy) is 1. The SMILES string of the molecule is Cc1ccc2c(c1)CC(C)(C(C)C)O2. The van der Waals surface area contributed by atoms with Crippen molar-refractivity contribution in [3.8, 4) is 5.75 Å². The Bertz CT molecular complexity index is 354. The summed E-state index contributed by atoms with van der Waals surface area (Å²) >= 11 is 0. The minimum Gasteiger partial charge on any atom is -0.487 e. The topological polar surface area (TPSA) is 9.23 Å². The maximum Gasteiger partial charge on any atom is 0.123 e. The average Bonchev–Trinajstić information content (AvgIpc) is 2.42. The molecule has 1 aliphatic heterocycles. The molecule has 0 radical (unpaired) electrons. The largest absolute Gasteiger partial charge is 0.487 e. The Balaban J connectivity index is 2.34. The van der Waals surface area contributed by atoms with Gasteiger partial charge in [-0.3, -0.25) is 0 Å². The van der Waals surface area contributed by atoms with E-state index < -0.39 is 0 Å². The molecule has 2 rings (SSSR count). The molecule has 1 aliphatic rings. The Morgan fingerprint density at radius 2 is 2.07 bits per heavy atom. The molecule has 0 aliphatic carbocycles. The van der Waals surface area contributed by atoms with Crippen LogP contribution in [0.2, 0.25) is 0 Å². The Labute approximate surface area is 86.1 Å². The van der Waals surface area contributed by atoms with E-state index in [9.17, 15) is 0 Å². The summed E-state index contributed by atoms with van der Waals surface area (Å²) in [5, 5.41) is 0. The van der Waals surface area contributed by atoms with Crippen LogP contribution in [0.5, 0.6) is 5.75 Å². The van der Waals surface area contributed by atoms with Crippen LogP contribution in [-0.2, 0) is 6.42 Å². The zero-order chi connectivity index (χ0) is 10.3. The third-order valence-electron chi connectivity index (χ3n) is 3.32. The van der Waals surface area contributed by atoms with Crippen molar-refractivity contribution in [3.05, 3.63) is 29.3 Å². The number of hydrogen-bond acceptors (Lipinski definition) is 1. The maximum atomic E-state index is 6.01. The van der Waals surface area contributed by atoms with Crippen LogP contribution in [0.1, 0.15) is 31.9 Å². The van der Waals surface area contributed by atoms with Gasteiger partial charge in [0.15, 0.2) is 0 Å². The van der Waals surface area contributed by atoms with Crippen molar-refractivity contribution in [3.63, 3.8) is 0 Å². The van der Waals surface area contributed by atoms with Crippen molar-refractivity contribution >= 4 is 0 Å². The molecule has 0 saturated heterocycles. The molecule has 1 nitrogen and oxygen atoms in total. The van der Waals surface area contributed by atoms with E-state index in [0.29, 0.717) is 5.92 Å². The van der Waals surface area contributed by atoms with Gasteiger partial charge in [-0.1, -0.05) is 31.5 Å². The molecule has 76 valence electrons. The molecule has 1 heterocycles. The lowest BCUT2D eigenvalue weighted by molar-refractivity contribution is 0.0647. The van der Waals surface area contributed by atoms with Gasteiger partial charge in [0.1, 0.15) is 11.4 Å². The van der Waals surface area contributed by atoms with Crippen LogP contribution in [0.25, 0.3) is 0 Å². The molecule has 0 aromatic heterocycles. The smallest absolute Gasteiger partial charge is 0.123 e. The standard InChI is InChI=1S/C13H18O/c1-9(2)13(4)8-11-7-10(3)5-6-12(11)14-13/h5-7,9H,8H2,1-4H3. The fraction of sp³-hybridized carbons (Fsp3) is 0.538. The average molecular weight is 190 g/mol. The summed E-state index contributed by atoms with van der Waals surface area (Å²) in [5.74, 6) is 1.63. The highest BCUT2D eigenvalue weighted by molar-refractivity contribution is 5.41. The lowest BCUT2D eigenvalue weighted by Gasteiger charge is -2.28. The van der Waals surface area contributed by atoms with E-state index in [1.54, 1.807) is 0 Å². The molecular formula is C13H18O. The highest BCUT2D eigenvalue weighted by Crippen LogP contribution is 2.39. The van der Waals surface area contributed by atoms with E-state index in [-0.39, 0.29) is 5.60 Å². The second-order valence-corrected chi connectivity index (χ2v) is 4.86. The molecule has 0 fully saturated rings. The van der Waals surface area contributed by atoms with Gasteiger partial charge in [-0.05, 0) is 31.4 Å². The number of rotatable bonds is 1. The van der Waals surface area contributed by atoms with Crippen LogP contribution < -0.4 is 4.74 Å². The molecule has 1 unspecified atom stereocenters. The van der Waals surface area contributed by atoms with Crippen LogP contribution in [0, 0.1) is 12.8 Å². The van der Waals surface area contributed by atoms with Gasteiger partial charge >= 0.3 is 0 Å². The van der Waals surface area contributed by atoms with Crippen molar-refractivity contribution in [1.29, 1.82) is 0 Å². The Kier molecular flexibility index (Phi) is 2.06. The molecule has 14 heavy (non-hydrogen) atoms. The minimum atomic E-state index is -0.00384. The highest BCUT2D eigenvalue weighted by Gasteiger charge is 2.37. The van der Waals surface area contributed by atoms with Gasteiger partial charge in [0.25, 0.3) is 0 Å². The molecule has 0 saturated carbocycles. The molecule has 1 heteroatoms. The summed E-state index contributed by atoms with van der Waals surface area (Å²) in [4.78, 5) is 0. The van der Waals surface area contributed by atoms with E-state index >= 15 is 0 Å². The minimum absolute atomic E-state index is 0.00384. The molecule has 0 spiro atoms. The molecule has 0 N–H and O–H groups in total. The summed E-state index contributed by atoms with van der Waals surface area (Å²) in [5.41, 5.74) is 2.68. The number of aryl methyl sites for hydroxylation is 1. The first-order valence-corrected chi connectivity index (χ1v) is 5.30. The van der Waals surface area contributed by atoms with E-state index in [1.807, 2.05) is 0 Å². The normalized spacial score (nSPS) is 24.9. The second-order valence-electron chi connectivity index (χ2n) is 4.86. The number of hydrogen-bond donors (Lipinski definition) is 0. The van der Waals surface area contributed by atoms with E-state index in [1.165, 1.54) is 11.1 Å². The highest BCUT2D eigenvalue weighted by atomic mass is 16.5. The maximum absolute atomic E-state index is 6.01. The van der Waals surface area contributed by atoms with Gasteiger partial charge in [0.2, 0.25) is 0 Å². The van der Waals surface area contributed by atoms with Crippen LogP contribution in [0.4, 0.5) is 0 Å². The summed E-state index contributed by atoms with van der Waals surface area (Å²) in [6.45, 7) is 8.77. The van der Waals surface area contributed by atoms with Crippen LogP contribution in [0.3, 0.4) is 0 Å². The summed E-state index contributed by atoms with van der Waals surface area (Å²) in [6, 6.07) is 6.45. The first-order chi connectivity index (χ1) is 6.51. The summed E-state index contributed by atoms with van der Waals surface area (Å²) in [7, 11) is 0. The quantitative estimate of drug-likeness (QED) is 0.660. The Morgan fingerprint density at radius 1 is 1.36 bits per heavy atom. The fourth-order valence-electron chi connectivity index (χ4n) is 1.93. The van der Waals surface area contributed by atoms with E-state index in [0.717, 1.165) is 12.2 Å². The second kappa shape index (κ2) is 3.01. The van der Waals surface area contributed by atoms with Gasteiger partial charge in [-0.2, -0.15) is 0 Å². The molecule has 0 bridgehead atoms. The van der Waals surface area contributed by atoms with Gasteiger partial charge in [0.05, 0.1) is 0 Å². The Morgan fingerprint density at radius 3 is 2.71 bits per heavy atom. The van der Waals surface area contributed by atoms with E-state index in [4.69, 9.17) is 4.74 Å². The molecule has 1 atom stereocenters. The van der Waals surface area contributed by atoms with Gasteiger partial charge < -0.3 is 4.74 Å². The van der Waals surface area contributed by atoms with Crippen molar-refractivity contribution in [2.24, 2.45) is 5.92 Å². The van der Waals surface area contributed by atoms with Gasteiger partial charge in [0, 0.05) is 6.42 Å². The van der Waals surface area contributed by atoms with Crippen molar-refractivity contribution in [1.82, 2.24) is 0 Å². The molecule has 1 aromatic rings. The zero-order valence-electron chi connectivity index (χ0n) is 9.42. The monoisotopic (exact) mass is 190 g/mol. The van der Waals surface area contributed by atoms with Gasteiger partial charge in [-0.25, -0.2) is 0 Å². The predicted molar refractivity (Wildman–Crippen MR) is 58.8 cm³/mol. The van der Waals surface area contributed by atoms with Crippen molar-refractivity contribution < 1.29 is 4.74 Å². The van der Waals surface area contributed by atoms with Crippen LogP contribution in [0.15, 0.2) is 18.2 Å². The third-order valence-corrected chi connectivity index (χ3v) is 3.32. The lowest BCUT2D eigenvalue weighted by atomic mass is 9.88. The molecule has 0 amide bonds. The van der Waals surface area contributed by atoms with E-state index in [2.05, 4.69) is 45.9 Å². The van der Waals surface area contributed by atoms with Crippen molar-refractivity contribution in [2.75, 3.05) is 0 Å². The molecule has 1 aromatic carbocycles. The van der Waals surface area contributed by atoms with Crippen LogP contribution >= 0.6 is 0 Å². The predicted octanol–water partition coefficient (Wildman–Crippen LogP) is 3.34. The number of fused-ring (bicyclic) bond motifs is 1. The van der Waals surface area contributed by atoms with Crippen molar-refractivity contribution in [2.45, 2.75) is 39.7 Å². The summed E-state index contributed by atoms with van der Waals surface area (Å²) in [6.07, 6.45) is 1.04. The summed E-state index contributed by atoms with van der Waals surface area (Å²) < 4.78 is 6.01. The number of benzene rings is 1. The third kappa shape index (κ3) is 1.41. The van der Waals surface area contributed by atoms with Gasteiger partial charge in [-0.15, -0.1) is 0 Å². The lowest BCUT2D eigenvalue weighted by Crippen LogP contribution is -2.36. The first-order valence-electron chi connectivity index (χ1n) is 5.30. The zero-order valence-corrected chi connectivity index (χ0v) is 9.42. The van der Waals surface area contributed by atoms with Crippen LogP contribution in [-0.4, -0.2) is 5.60 Å². The first kappa shape index (κ1) is 9.57. The fourth-order valence-corrected chi connectivity index (χ4v) is 1.93. The Hall–Kier alpha value is -0.980. The molecular weight excluding hydrogens is 172 g/mol.